The Bertz CT molecular complexity index is 652. The van der Waals surface area contributed by atoms with Crippen LogP contribution in [0.2, 0.25) is 0 Å². The van der Waals surface area contributed by atoms with E-state index in [2.05, 4.69) is 15.3 Å². The van der Waals surface area contributed by atoms with Crippen molar-refractivity contribution >= 4 is 23.5 Å². The van der Waals surface area contributed by atoms with E-state index in [0.29, 0.717) is 5.69 Å². The predicted octanol–water partition coefficient (Wildman–Crippen LogP) is 3.17. The van der Waals surface area contributed by atoms with Crippen LogP contribution in [0.3, 0.4) is 0 Å². The van der Waals surface area contributed by atoms with Crippen molar-refractivity contribution in [3.63, 3.8) is 0 Å². The van der Waals surface area contributed by atoms with Crippen molar-refractivity contribution in [2.24, 2.45) is 15.3 Å². The molecule has 0 spiro atoms. The summed E-state index contributed by atoms with van der Waals surface area (Å²) in [5.41, 5.74) is 1.44. The van der Waals surface area contributed by atoms with Gasteiger partial charge in [0.2, 0.25) is 0 Å². The van der Waals surface area contributed by atoms with Crippen molar-refractivity contribution in [1.29, 1.82) is 0 Å². The minimum absolute atomic E-state index is 0.198. The lowest BCUT2D eigenvalue weighted by Crippen LogP contribution is -2.28. The van der Waals surface area contributed by atoms with Crippen LogP contribution < -0.4 is 5.01 Å². The Labute approximate surface area is 116 Å². The largest absolute Gasteiger partial charge is 0.279 e. The first-order valence-corrected chi connectivity index (χ1v) is 6.23. The van der Waals surface area contributed by atoms with Gasteiger partial charge in [-0.15, -0.1) is 0 Å². The minimum Gasteiger partial charge on any atom is -0.269 e. The average Bonchev–Trinajstić information content (AvgIpc) is 2.88. The highest BCUT2D eigenvalue weighted by Gasteiger charge is 2.29. The highest BCUT2D eigenvalue weighted by atomic mass is 16.2. The number of hydrogen-bond acceptors (Lipinski definition) is 4. The maximum absolute atomic E-state index is 12.2. The molecule has 5 heteroatoms. The van der Waals surface area contributed by atoms with Gasteiger partial charge in [-0.1, -0.05) is 36.4 Å². The highest BCUT2D eigenvalue weighted by Crippen LogP contribution is 2.20. The molecule has 1 aliphatic rings. The smallest absolute Gasteiger partial charge is 0.269 e. The van der Waals surface area contributed by atoms with Gasteiger partial charge >= 0.3 is 0 Å². The first-order valence-electron chi connectivity index (χ1n) is 6.23. The second-order valence-corrected chi connectivity index (χ2v) is 4.25. The van der Waals surface area contributed by atoms with E-state index in [1.165, 1.54) is 11.2 Å². The molecule has 1 unspecified atom stereocenters. The zero-order chi connectivity index (χ0) is 13.8. The molecule has 20 heavy (non-hydrogen) atoms. The molecule has 3 rings (SSSR count). The molecule has 1 aliphatic heterocycles. The van der Waals surface area contributed by atoms with Crippen molar-refractivity contribution in [3.05, 3.63) is 60.7 Å². The van der Waals surface area contributed by atoms with Gasteiger partial charge in [-0.3, -0.25) is 4.79 Å². The third kappa shape index (κ3) is 2.47. The molecule has 1 heterocycles. The number of benzene rings is 2. The van der Waals surface area contributed by atoms with Gasteiger partial charge < -0.3 is 0 Å². The Morgan fingerprint density at radius 2 is 1.60 bits per heavy atom. The minimum atomic E-state index is -0.657. The lowest BCUT2D eigenvalue weighted by molar-refractivity contribution is -0.117. The number of para-hydroxylation sites is 1. The summed E-state index contributed by atoms with van der Waals surface area (Å²) in [5.74, 6) is -0.198. The molecule has 1 atom stereocenters. The summed E-state index contributed by atoms with van der Waals surface area (Å²) in [5, 5.41) is 13.5. The molecule has 2 aromatic rings. The van der Waals surface area contributed by atoms with E-state index in [0.717, 1.165) is 5.69 Å². The Hall–Kier alpha value is -2.82. The van der Waals surface area contributed by atoms with Crippen molar-refractivity contribution in [3.8, 4) is 0 Å². The molecular formula is C15H12N4O. The molecule has 5 nitrogen and oxygen atoms in total. The summed E-state index contributed by atoms with van der Waals surface area (Å²) in [6.45, 7) is 0. The molecule has 0 saturated heterocycles. The fraction of sp³-hybridized carbons (Fsp3) is 0.0667. The standard InChI is InChI=1S/C15H12N4O/c20-15-14(18-17-12-7-3-1-4-8-12)11-16-19(15)13-9-5-2-6-10-13/h1-11,14H. The highest BCUT2D eigenvalue weighted by molar-refractivity contribution is 6.11. The van der Waals surface area contributed by atoms with Crippen LogP contribution in [0.1, 0.15) is 0 Å². The number of carbonyl (C=O) groups is 1. The predicted molar refractivity (Wildman–Crippen MR) is 77.2 cm³/mol. The van der Waals surface area contributed by atoms with Crippen LogP contribution in [-0.4, -0.2) is 18.2 Å². The van der Waals surface area contributed by atoms with Crippen molar-refractivity contribution < 1.29 is 4.79 Å². The van der Waals surface area contributed by atoms with E-state index < -0.39 is 6.04 Å². The normalized spacial score (nSPS) is 18.1. The van der Waals surface area contributed by atoms with E-state index in [4.69, 9.17) is 0 Å². The SMILES string of the molecule is O=C1C(N=Nc2ccccc2)C=NN1c1ccccc1. The van der Waals surface area contributed by atoms with Crippen LogP contribution >= 0.6 is 0 Å². The molecule has 2 aromatic carbocycles. The summed E-state index contributed by atoms with van der Waals surface area (Å²) in [7, 11) is 0. The number of amides is 1. The molecule has 0 bridgehead atoms. The zero-order valence-electron chi connectivity index (χ0n) is 10.6. The van der Waals surface area contributed by atoms with Gasteiger partial charge in [-0.05, 0) is 24.3 Å². The molecule has 0 N–H and O–H groups in total. The Kier molecular flexibility index (Phi) is 3.33. The monoisotopic (exact) mass is 264 g/mol. The summed E-state index contributed by atoms with van der Waals surface area (Å²) in [4.78, 5) is 12.2. The van der Waals surface area contributed by atoms with Gasteiger partial charge in [0.25, 0.3) is 5.91 Å². The lowest BCUT2D eigenvalue weighted by atomic mass is 10.3. The number of carbonyl (C=O) groups excluding carboxylic acids is 1. The number of nitrogens with zero attached hydrogens (tertiary/aromatic N) is 4. The summed E-state index contributed by atoms with van der Waals surface area (Å²) in [6.07, 6.45) is 1.50. The third-order valence-electron chi connectivity index (χ3n) is 2.84. The number of azo groups is 1. The van der Waals surface area contributed by atoms with Crippen molar-refractivity contribution in [1.82, 2.24) is 0 Å². The van der Waals surface area contributed by atoms with Gasteiger partial charge in [0, 0.05) is 0 Å². The first-order chi connectivity index (χ1) is 9.84. The van der Waals surface area contributed by atoms with Gasteiger partial charge in [0.1, 0.15) is 0 Å². The topological polar surface area (TPSA) is 57.4 Å². The zero-order valence-corrected chi connectivity index (χ0v) is 10.6. The number of hydrogen-bond donors (Lipinski definition) is 0. The maximum Gasteiger partial charge on any atom is 0.279 e. The van der Waals surface area contributed by atoms with Gasteiger partial charge in [-0.25, -0.2) is 0 Å². The number of rotatable bonds is 3. The third-order valence-corrected chi connectivity index (χ3v) is 2.84. The fourth-order valence-electron chi connectivity index (χ4n) is 1.84. The summed E-state index contributed by atoms with van der Waals surface area (Å²) < 4.78 is 0. The maximum atomic E-state index is 12.2. The van der Waals surface area contributed by atoms with Crippen LogP contribution in [-0.2, 0) is 4.79 Å². The van der Waals surface area contributed by atoms with Gasteiger partial charge in [0.05, 0.1) is 17.6 Å². The lowest BCUT2D eigenvalue weighted by Gasteiger charge is -2.11. The van der Waals surface area contributed by atoms with E-state index in [9.17, 15) is 4.79 Å². The average molecular weight is 264 g/mol. The van der Waals surface area contributed by atoms with E-state index in [-0.39, 0.29) is 5.91 Å². The van der Waals surface area contributed by atoms with Crippen molar-refractivity contribution in [2.75, 3.05) is 5.01 Å². The first kappa shape index (κ1) is 12.2. The molecule has 0 aliphatic carbocycles. The Balaban J connectivity index is 1.74. The van der Waals surface area contributed by atoms with Crippen LogP contribution in [0.5, 0.6) is 0 Å². The second kappa shape index (κ2) is 5.44. The van der Waals surface area contributed by atoms with E-state index >= 15 is 0 Å². The fourth-order valence-corrected chi connectivity index (χ4v) is 1.84. The molecule has 0 saturated carbocycles. The Morgan fingerprint density at radius 1 is 0.950 bits per heavy atom. The van der Waals surface area contributed by atoms with E-state index in [1.54, 1.807) is 0 Å². The molecular weight excluding hydrogens is 252 g/mol. The molecule has 98 valence electrons. The molecule has 0 fully saturated rings. The molecule has 0 aromatic heterocycles. The number of hydrazone groups is 1. The Morgan fingerprint density at radius 3 is 2.30 bits per heavy atom. The van der Waals surface area contributed by atoms with Crippen LogP contribution in [0.4, 0.5) is 11.4 Å². The van der Waals surface area contributed by atoms with Crippen LogP contribution in [0, 0.1) is 0 Å². The van der Waals surface area contributed by atoms with Gasteiger partial charge in [-0.2, -0.15) is 20.3 Å². The quantitative estimate of drug-likeness (QED) is 0.785. The van der Waals surface area contributed by atoms with E-state index in [1.807, 2.05) is 60.7 Å². The van der Waals surface area contributed by atoms with Gasteiger partial charge in [0.15, 0.2) is 6.04 Å². The molecule has 1 amide bonds. The van der Waals surface area contributed by atoms with Crippen LogP contribution in [0.25, 0.3) is 0 Å². The summed E-state index contributed by atoms with van der Waals surface area (Å²) >= 11 is 0. The number of anilines is 1. The molecule has 0 radical (unpaired) electrons. The second-order valence-electron chi connectivity index (χ2n) is 4.25. The van der Waals surface area contributed by atoms with Crippen molar-refractivity contribution in [2.45, 2.75) is 6.04 Å². The summed E-state index contributed by atoms with van der Waals surface area (Å²) in [6, 6.07) is 17.9. The van der Waals surface area contributed by atoms with Crippen LogP contribution in [0.15, 0.2) is 76.0 Å².